The van der Waals surface area contributed by atoms with Crippen LogP contribution in [0.3, 0.4) is 0 Å². The first-order chi connectivity index (χ1) is 14.8. The molecular formula is C24H25ClN2O3S. The third-order valence-electron chi connectivity index (χ3n) is 5.03. The molecule has 3 rings (SSSR count). The lowest BCUT2D eigenvalue weighted by atomic mass is 9.98. The van der Waals surface area contributed by atoms with Crippen molar-refractivity contribution in [2.45, 2.75) is 23.8 Å². The van der Waals surface area contributed by atoms with Crippen molar-refractivity contribution >= 4 is 27.5 Å². The maximum absolute atomic E-state index is 13.1. The van der Waals surface area contributed by atoms with Gasteiger partial charge in [-0.05, 0) is 42.2 Å². The van der Waals surface area contributed by atoms with Crippen LogP contribution in [-0.2, 0) is 16.4 Å². The highest BCUT2D eigenvalue weighted by Gasteiger charge is 2.22. The van der Waals surface area contributed by atoms with Crippen LogP contribution in [0.2, 0.25) is 5.02 Å². The lowest BCUT2D eigenvalue weighted by molar-refractivity contribution is 0.0934. The van der Waals surface area contributed by atoms with Crippen LogP contribution in [0.5, 0.6) is 0 Å². The molecule has 0 aliphatic heterocycles. The summed E-state index contributed by atoms with van der Waals surface area (Å²) in [5.41, 5.74) is 2.28. The second-order valence-electron chi connectivity index (χ2n) is 7.39. The van der Waals surface area contributed by atoms with Crippen LogP contribution >= 0.6 is 11.6 Å². The molecule has 0 heterocycles. The van der Waals surface area contributed by atoms with Crippen molar-refractivity contribution < 1.29 is 13.2 Å². The minimum atomic E-state index is -3.68. The van der Waals surface area contributed by atoms with Gasteiger partial charge in [-0.15, -0.1) is 0 Å². The molecular weight excluding hydrogens is 432 g/mol. The second kappa shape index (κ2) is 10.1. The maximum atomic E-state index is 13.1. The van der Waals surface area contributed by atoms with Crippen LogP contribution in [-0.4, -0.2) is 32.7 Å². The van der Waals surface area contributed by atoms with Crippen LogP contribution in [0.1, 0.15) is 33.9 Å². The van der Waals surface area contributed by atoms with E-state index in [1.54, 1.807) is 0 Å². The number of halogens is 1. The van der Waals surface area contributed by atoms with Crippen LogP contribution < -0.4 is 5.32 Å². The van der Waals surface area contributed by atoms with E-state index in [9.17, 15) is 13.2 Å². The zero-order chi connectivity index (χ0) is 22.4. The Balaban J connectivity index is 1.86. The van der Waals surface area contributed by atoms with Gasteiger partial charge in [0.25, 0.3) is 5.91 Å². The third kappa shape index (κ3) is 5.73. The summed E-state index contributed by atoms with van der Waals surface area (Å²) in [5.74, 6) is -0.414. The van der Waals surface area contributed by atoms with Crippen molar-refractivity contribution in [2.75, 3.05) is 14.1 Å². The maximum Gasteiger partial charge on any atom is 0.253 e. The molecule has 3 aromatic rings. The second-order valence-corrected chi connectivity index (χ2v) is 9.95. The Kier molecular flexibility index (Phi) is 7.49. The van der Waals surface area contributed by atoms with E-state index < -0.39 is 15.9 Å². The van der Waals surface area contributed by atoms with Crippen LogP contribution in [0.15, 0.2) is 83.8 Å². The Morgan fingerprint density at radius 3 is 2.19 bits per heavy atom. The van der Waals surface area contributed by atoms with E-state index >= 15 is 0 Å². The molecule has 0 aromatic heterocycles. The number of amides is 1. The quantitative estimate of drug-likeness (QED) is 0.534. The van der Waals surface area contributed by atoms with Gasteiger partial charge in [-0.2, -0.15) is 0 Å². The van der Waals surface area contributed by atoms with Crippen molar-refractivity contribution in [1.82, 2.24) is 9.62 Å². The minimum Gasteiger partial charge on any atom is -0.345 e. The Hall–Kier alpha value is -2.67. The molecule has 5 nitrogen and oxygen atoms in total. The van der Waals surface area contributed by atoms with Crippen molar-refractivity contribution in [2.24, 2.45) is 0 Å². The van der Waals surface area contributed by atoms with E-state index in [4.69, 9.17) is 11.6 Å². The molecule has 0 aliphatic carbocycles. The molecule has 3 aromatic carbocycles. The summed E-state index contributed by atoms with van der Waals surface area (Å²) < 4.78 is 26.0. The molecule has 0 aliphatic rings. The molecule has 0 saturated heterocycles. The molecule has 0 saturated carbocycles. The smallest absolute Gasteiger partial charge is 0.253 e. The average Bonchev–Trinajstić information content (AvgIpc) is 2.77. The van der Waals surface area contributed by atoms with Gasteiger partial charge in [0.2, 0.25) is 10.0 Å². The fourth-order valence-corrected chi connectivity index (χ4v) is 4.38. The number of benzene rings is 3. The Bertz CT molecular complexity index is 1130. The number of hydrogen-bond donors (Lipinski definition) is 1. The third-order valence-corrected chi connectivity index (χ3v) is 7.17. The molecule has 1 unspecified atom stereocenters. The number of carbonyl (C=O) groups is 1. The predicted molar refractivity (Wildman–Crippen MR) is 124 cm³/mol. The Morgan fingerprint density at radius 2 is 1.58 bits per heavy atom. The first-order valence-corrected chi connectivity index (χ1v) is 11.7. The fraction of sp³-hybridized carbons (Fsp3) is 0.208. The molecule has 0 spiro atoms. The van der Waals surface area contributed by atoms with Crippen molar-refractivity contribution in [3.63, 3.8) is 0 Å². The molecule has 0 fully saturated rings. The number of nitrogens with zero attached hydrogens (tertiary/aromatic N) is 1. The fourth-order valence-electron chi connectivity index (χ4n) is 3.25. The van der Waals surface area contributed by atoms with Crippen molar-refractivity contribution in [3.05, 3.63) is 101 Å². The molecule has 7 heteroatoms. The normalized spacial score (nSPS) is 12.5. The lowest BCUT2D eigenvalue weighted by Crippen LogP contribution is -2.29. The topological polar surface area (TPSA) is 66.5 Å². The molecule has 1 atom stereocenters. The van der Waals surface area contributed by atoms with Crippen molar-refractivity contribution in [1.29, 1.82) is 0 Å². The molecule has 1 amide bonds. The number of aryl methyl sites for hydroxylation is 1. The largest absolute Gasteiger partial charge is 0.345 e. The summed E-state index contributed by atoms with van der Waals surface area (Å²) in [6, 6.07) is 23.7. The first-order valence-electron chi connectivity index (χ1n) is 9.91. The number of hydrogen-bond acceptors (Lipinski definition) is 3. The number of carbonyl (C=O) groups excluding carboxylic acids is 1. The average molecular weight is 457 g/mol. The summed E-state index contributed by atoms with van der Waals surface area (Å²) in [4.78, 5) is 13.1. The van der Waals surface area contributed by atoms with E-state index in [0.717, 1.165) is 16.3 Å². The van der Waals surface area contributed by atoms with E-state index in [1.165, 1.54) is 37.9 Å². The van der Waals surface area contributed by atoms with Crippen molar-refractivity contribution in [3.8, 4) is 0 Å². The lowest BCUT2D eigenvalue weighted by Gasteiger charge is -2.20. The molecule has 0 bridgehead atoms. The van der Waals surface area contributed by atoms with Gasteiger partial charge in [-0.25, -0.2) is 12.7 Å². The van der Waals surface area contributed by atoms with Gasteiger partial charge in [0.1, 0.15) is 0 Å². The zero-order valence-electron chi connectivity index (χ0n) is 17.5. The molecule has 162 valence electrons. The Morgan fingerprint density at radius 1 is 0.968 bits per heavy atom. The SMILES string of the molecule is CN(C)S(=O)(=O)c1ccc(Cl)c(C(=O)NC(CCc2ccccc2)c2ccccc2)c1. The number of rotatable bonds is 8. The van der Waals surface area contributed by atoms with Gasteiger partial charge in [0, 0.05) is 14.1 Å². The number of sulfonamides is 1. The molecule has 0 radical (unpaired) electrons. The van der Waals surface area contributed by atoms with Gasteiger partial charge < -0.3 is 5.32 Å². The van der Waals surface area contributed by atoms with E-state index in [-0.39, 0.29) is 21.5 Å². The van der Waals surface area contributed by atoms with E-state index in [0.29, 0.717) is 6.42 Å². The summed E-state index contributed by atoms with van der Waals surface area (Å²) >= 11 is 6.25. The predicted octanol–water partition coefficient (Wildman–Crippen LogP) is 4.69. The van der Waals surface area contributed by atoms with Crippen LogP contribution in [0.4, 0.5) is 0 Å². The van der Waals surface area contributed by atoms with Gasteiger partial charge in [-0.3, -0.25) is 4.79 Å². The molecule has 31 heavy (non-hydrogen) atoms. The zero-order valence-corrected chi connectivity index (χ0v) is 19.0. The van der Waals surface area contributed by atoms with Gasteiger partial charge in [0.15, 0.2) is 0 Å². The van der Waals surface area contributed by atoms with Gasteiger partial charge in [0.05, 0.1) is 21.5 Å². The summed E-state index contributed by atoms with van der Waals surface area (Å²) in [7, 11) is -0.796. The summed E-state index contributed by atoms with van der Waals surface area (Å²) in [6.45, 7) is 0. The summed E-state index contributed by atoms with van der Waals surface area (Å²) in [6.07, 6.45) is 1.47. The summed E-state index contributed by atoms with van der Waals surface area (Å²) in [5, 5.41) is 3.24. The first kappa shape index (κ1) is 23.0. The monoisotopic (exact) mass is 456 g/mol. The number of nitrogens with one attached hydrogen (secondary N) is 1. The Labute approximate surface area is 188 Å². The van der Waals surface area contributed by atoms with E-state index in [2.05, 4.69) is 17.4 Å². The standard InChI is InChI=1S/C24H25ClN2O3S/c1-27(2)31(29,30)20-14-15-22(25)21(17-20)24(28)26-23(19-11-7-4-8-12-19)16-13-18-9-5-3-6-10-18/h3-12,14-15,17,23H,13,16H2,1-2H3,(H,26,28). The highest BCUT2D eigenvalue weighted by molar-refractivity contribution is 7.89. The molecule has 1 N–H and O–H groups in total. The van der Waals surface area contributed by atoms with Gasteiger partial charge in [-0.1, -0.05) is 72.3 Å². The van der Waals surface area contributed by atoms with Crippen LogP contribution in [0.25, 0.3) is 0 Å². The highest BCUT2D eigenvalue weighted by Crippen LogP contribution is 2.25. The van der Waals surface area contributed by atoms with Gasteiger partial charge >= 0.3 is 0 Å². The minimum absolute atomic E-state index is 0.0209. The highest BCUT2D eigenvalue weighted by atomic mass is 35.5. The van der Waals surface area contributed by atoms with Crippen LogP contribution in [0, 0.1) is 0 Å². The van der Waals surface area contributed by atoms with E-state index in [1.807, 2.05) is 48.5 Å².